The van der Waals surface area contributed by atoms with Gasteiger partial charge < -0.3 is 9.73 Å². The van der Waals surface area contributed by atoms with Gasteiger partial charge in [0.05, 0.1) is 0 Å². The van der Waals surface area contributed by atoms with Crippen LogP contribution in [-0.4, -0.2) is 0 Å². The largest absolute Gasteiger partial charge is 0.456 e. The van der Waals surface area contributed by atoms with Crippen molar-refractivity contribution in [3.05, 3.63) is 72.3 Å². The van der Waals surface area contributed by atoms with Crippen molar-refractivity contribution in [2.24, 2.45) is 0 Å². The van der Waals surface area contributed by atoms with E-state index in [2.05, 4.69) is 42.6 Å². The zero-order valence-corrected chi connectivity index (χ0v) is 11.8. The smallest absolute Gasteiger partial charge is 0.135 e. The predicted octanol–water partition coefficient (Wildman–Crippen LogP) is 5.64. The first-order valence-corrected chi connectivity index (χ1v) is 7.05. The number of nitrogens with one attached hydrogen (secondary N) is 1. The molecule has 1 N–H and O–H groups in total. The van der Waals surface area contributed by atoms with Crippen molar-refractivity contribution in [3.63, 3.8) is 0 Å². The molecule has 0 spiro atoms. The molecule has 0 aliphatic heterocycles. The molecule has 0 unspecified atom stereocenters. The fourth-order valence-corrected chi connectivity index (χ4v) is 2.67. The van der Waals surface area contributed by atoms with Crippen molar-refractivity contribution >= 4 is 33.3 Å². The molecule has 21 heavy (non-hydrogen) atoms. The van der Waals surface area contributed by atoms with Crippen LogP contribution in [0.2, 0.25) is 0 Å². The molecule has 4 rings (SSSR count). The van der Waals surface area contributed by atoms with Crippen LogP contribution < -0.4 is 5.32 Å². The third kappa shape index (κ3) is 2.05. The fraction of sp³-hybridized carbons (Fsp3) is 0.0526. The molecule has 0 fully saturated rings. The van der Waals surface area contributed by atoms with Gasteiger partial charge in [0, 0.05) is 22.1 Å². The van der Waals surface area contributed by atoms with Crippen molar-refractivity contribution in [2.45, 2.75) is 6.92 Å². The maximum Gasteiger partial charge on any atom is 0.135 e. The van der Waals surface area contributed by atoms with Gasteiger partial charge >= 0.3 is 0 Å². The summed E-state index contributed by atoms with van der Waals surface area (Å²) < 4.78 is 5.85. The Bertz CT molecular complexity index is 937. The van der Waals surface area contributed by atoms with E-state index in [1.165, 1.54) is 5.56 Å². The number of hydrogen-bond donors (Lipinski definition) is 1. The molecule has 0 amide bonds. The number of aryl methyl sites for hydroxylation is 1. The van der Waals surface area contributed by atoms with E-state index in [-0.39, 0.29) is 0 Å². The van der Waals surface area contributed by atoms with Gasteiger partial charge in [0.1, 0.15) is 11.2 Å². The van der Waals surface area contributed by atoms with Gasteiger partial charge in [-0.15, -0.1) is 0 Å². The summed E-state index contributed by atoms with van der Waals surface area (Å²) in [5.74, 6) is 0. The molecular formula is C19H15NO. The van der Waals surface area contributed by atoms with Crippen molar-refractivity contribution in [1.29, 1.82) is 0 Å². The molecule has 102 valence electrons. The third-order valence-corrected chi connectivity index (χ3v) is 3.80. The minimum atomic E-state index is 0.923. The number of hydrogen-bond acceptors (Lipinski definition) is 2. The van der Waals surface area contributed by atoms with Crippen LogP contribution in [0.25, 0.3) is 21.9 Å². The number of benzene rings is 3. The number of anilines is 2. The van der Waals surface area contributed by atoms with Gasteiger partial charge in [-0.1, -0.05) is 36.4 Å². The molecule has 0 saturated heterocycles. The topological polar surface area (TPSA) is 25.2 Å². The number of furan rings is 1. The first-order chi connectivity index (χ1) is 10.3. The van der Waals surface area contributed by atoms with E-state index < -0.39 is 0 Å². The van der Waals surface area contributed by atoms with Crippen LogP contribution in [-0.2, 0) is 0 Å². The molecular weight excluding hydrogens is 258 g/mol. The molecule has 0 bridgehead atoms. The minimum absolute atomic E-state index is 0.923. The van der Waals surface area contributed by atoms with Gasteiger partial charge in [0.15, 0.2) is 0 Å². The van der Waals surface area contributed by atoms with E-state index in [9.17, 15) is 0 Å². The number of para-hydroxylation sites is 2. The lowest BCUT2D eigenvalue weighted by molar-refractivity contribution is 0.669. The first kappa shape index (κ1) is 12.0. The molecule has 0 aliphatic carbocycles. The van der Waals surface area contributed by atoms with E-state index in [1.54, 1.807) is 0 Å². The molecule has 2 nitrogen and oxygen atoms in total. The van der Waals surface area contributed by atoms with Gasteiger partial charge in [-0.05, 0) is 42.8 Å². The van der Waals surface area contributed by atoms with Crippen LogP contribution in [0.3, 0.4) is 0 Å². The Labute approximate surface area is 123 Å². The van der Waals surface area contributed by atoms with E-state index in [4.69, 9.17) is 4.42 Å². The Morgan fingerprint density at radius 3 is 2.43 bits per heavy atom. The predicted molar refractivity (Wildman–Crippen MR) is 88.2 cm³/mol. The van der Waals surface area contributed by atoms with E-state index >= 15 is 0 Å². The maximum absolute atomic E-state index is 5.85. The van der Waals surface area contributed by atoms with E-state index in [0.29, 0.717) is 0 Å². The van der Waals surface area contributed by atoms with Crippen LogP contribution in [0, 0.1) is 6.92 Å². The lowest BCUT2D eigenvalue weighted by Crippen LogP contribution is -1.92. The Kier molecular flexibility index (Phi) is 2.68. The van der Waals surface area contributed by atoms with Gasteiger partial charge in [-0.3, -0.25) is 0 Å². The van der Waals surface area contributed by atoms with E-state index in [1.807, 2.05) is 36.4 Å². The minimum Gasteiger partial charge on any atom is -0.456 e. The molecule has 1 aromatic heterocycles. The van der Waals surface area contributed by atoms with Crippen LogP contribution in [0.15, 0.2) is 71.1 Å². The Morgan fingerprint density at radius 2 is 1.52 bits per heavy atom. The van der Waals surface area contributed by atoms with Gasteiger partial charge in [0.25, 0.3) is 0 Å². The second-order valence-electron chi connectivity index (χ2n) is 5.25. The summed E-state index contributed by atoms with van der Waals surface area (Å²) in [6, 6.07) is 22.6. The summed E-state index contributed by atoms with van der Waals surface area (Å²) >= 11 is 0. The second kappa shape index (κ2) is 4.67. The van der Waals surface area contributed by atoms with Gasteiger partial charge in [-0.2, -0.15) is 0 Å². The summed E-state index contributed by atoms with van der Waals surface area (Å²) in [5, 5.41) is 5.77. The Hall–Kier alpha value is -2.74. The van der Waals surface area contributed by atoms with Crippen molar-refractivity contribution in [2.75, 3.05) is 5.32 Å². The highest BCUT2D eigenvalue weighted by atomic mass is 16.3. The third-order valence-electron chi connectivity index (χ3n) is 3.80. The monoisotopic (exact) mass is 273 g/mol. The molecule has 0 radical (unpaired) electrons. The van der Waals surface area contributed by atoms with Crippen LogP contribution in [0.5, 0.6) is 0 Å². The molecule has 0 atom stereocenters. The van der Waals surface area contributed by atoms with Gasteiger partial charge in [-0.25, -0.2) is 0 Å². The normalized spacial score (nSPS) is 11.1. The zero-order valence-electron chi connectivity index (χ0n) is 11.8. The quantitative estimate of drug-likeness (QED) is 0.511. The van der Waals surface area contributed by atoms with Crippen molar-refractivity contribution < 1.29 is 4.42 Å². The Morgan fingerprint density at radius 1 is 0.762 bits per heavy atom. The van der Waals surface area contributed by atoms with Gasteiger partial charge in [0.2, 0.25) is 0 Å². The molecule has 1 heterocycles. The highest BCUT2D eigenvalue weighted by Gasteiger charge is 2.07. The van der Waals surface area contributed by atoms with Crippen LogP contribution in [0.1, 0.15) is 5.56 Å². The molecule has 3 aromatic carbocycles. The fourth-order valence-electron chi connectivity index (χ4n) is 2.67. The maximum atomic E-state index is 5.85. The average Bonchev–Trinajstić information content (AvgIpc) is 2.88. The SMILES string of the molecule is Cc1ccccc1Nc1ccc2oc3ccccc3c2c1. The molecule has 2 heteroatoms. The Balaban J connectivity index is 1.83. The highest BCUT2D eigenvalue weighted by Crippen LogP contribution is 2.31. The standard InChI is InChI=1S/C19H15NO/c1-13-6-2-4-8-17(13)20-14-10-11-19-16(12-14)15-7-3-5-9-18(15)21-19/h2-12,20H,1H3. The number of rotatable bonds is 2. The highest BCUT2D eigenvalue weighted by molar-refractivity contribution is 6.06. The lowest BCUT2D eigenvalue weighted by atomic mass is 10.1. The average molecular weight is 273 g/mol. The molecule has 4 aromatic rings. The van der Waals surface area contributed by atoms with Crippen molar-refractivity contribution in [3.8, 4) is 0 Å². The molecule has 0 saturated carbocycles. The summed E-state index contributed by atoms with van der Waals surface area (Å²) in [5.41, 5.74) is 5.29. The summed E-state index contributed by atoms with van der Waals surface area (Å²) in [6.07, 6.45) is 0. The summed E-state index contributed by atoms with van der Waals surface area (Å²) in [6.45, 7) is 2.11. The zero-order chi connectivity index (χ0) is 14.2. The number of fused-ring (bicyclic) bond motifs is 3. The summed E-state index contributed by atoms with van der Waals surface area (Å²) in [4.78, 5) is 0. The van der Waals surface area contributed by atoms with Crippen molar-refractivity contribution in [1.82, 2.24) is 0 Å². The summed E-state index contributed by atoms with van der Waals surface area (Å²) in [7, 11) is 0. The second-order valence-corrected chi connectivity index (χ2v) is 5.25. The first-order valence-electron chi connectivity index (χ1n) is 7.05. The van der Waals surface area contributed by atoms with Crippen LogP contribution >= 0.6 is 0 Å². The molecule has 0 aliphatic rings. The lowest BCUT2D eigenvalue weighted by Gasteiger charge is -2.09. The van der Waals surface area contributed by atoms with Crippen LogP contribution in [0.4, 0.5) is 11.4 Å². The van der Waals surface area contributed by atoms with E-state index in [0.717, 1.165) is 33.3 Å².